The highest BCUT2D eigenvalue weighted by molar-refractivity contribution is 6.33. The number of nitrogens with zero attached hydrogens (tertiary/aromatic N) is 2. The zero-order chi connectivity index (χ0) is 21.7. The van der Waals surface area contributed by atoms with Crippen molar-refractivity contribution in [1.82, 2.24) is 5.32 Å². The van der Waals surface area contributed by atoms with Crippen molar-refractivity contribution in [2.45, 2.75) is 38.8 Å². The molecule has 1 saturated heterocycles. The number of nitrogens with one attached hydrogen (secondary N) is 2. The van der Waals surface area contributed by atoms with Gasteiger partial charge in [-0.3, -0.25) is 4.79 Å². The topological polar surface area (TPSA) is 94.5 Å². The van der Waals surface area contributed by atoms with E-state index in [0.717, 1.165) is 6.42 Å². The maximum absolute atomic E-state index is 12.9. The Kier molecular flexibility index (Phi) is 6.80. The van der Waals surface area contributed by atoms with Gasteiger partial charge >= 0.3 is 6.03 Å². The van der Waals surface area contributed by atoms with Crippen molar-refractivity contribution < 1.29 is 14.3 Å². The number of nitriles is 1. The monoisotopic (exact) mass is 426 g/mol. The molecule has 7 nitrogen and oxygen atoms in total. The fourth-order valence-corrected chi connectivity index (χ4v) is 3.53. The Morgan fingerprint density at radius 3 is 2.77 bits per heavy atom. The van der Waals surface area contributed by atoms with E-state index in [1.165, 1.54) is 6.07 Å². The van der Waals surface area contributed by atoms with Crippen LogP contribution in [0.15, 0.2) is 42.5 Å². The Morgan fingerprint density at radius 1 is 1.30 bits per heavy atom. The Hall–Kier alpha value is -3.24. The Morgan fingerprint density at radius 2 is 2.07 bits per heavy atom. The molecule has 1 aliphatic rings. The minimum atomic E-state index is -0.658. The van der Waals surface area contributed by atoms with E-state index in [-0.39, 0.29) is 12.0 Å². The molecule has 8 heteroatoms. The number of hydrogen-bond acceptors (Lipinski definition) is 4. The van der Waals surface area contributed by atoms with E-state index in [9.17, 15) is 14.9 Å². The molecule has 1 unspecified atom stereocenters. The molecule has 0 radical (unpaired) electrons. The molecule has 0 saturated carbocycles. The molecule has 156 valence electrons. The third-order valence-electron chi connectivity index (χ3n) is 4.61. The minimum absolute atomic E-state index is 0.0717. The number of hydrogen-bond donors (Lipinski definition) is 2. The normalized spacial score (nSPS) is 16.2. The van der Waals surface area contributed by atoms with Crippen LogP contribution in [0.3, 0.4) is 0 Å². The van der Waals surface area contributed by atoms with Gasteiger partial charge in [-0.05, 0) is 57.0 Å². The molecule has 0 bridgehead atoms. The smallest absolute Gasteiger partial charge is 0.319 e. The summed E-state index contributed by atoms with van der Waals surface area (Å²) in [6.45, 7) is 4.28. The van der Waals surface area contributed by atoms with Crippen LogP contribution in [0.4, 0.5) is 16.2 Å². The molecule has 0 aromatic heterocycles. The van der Waals surface area contributed by atoms with Crippen molar-refractivity contribution in [2.24, 2.45) is 0 Å². The standard InChI is InChI=1S/C22H23ClN4O3/c1-14(2)30-20-10-9-16(12-15(20)13-24)25-22(29)26-18-7-5-11-27(21(18)28)19-8-4-3-6-17(19)23/h3-4,6,8-10,12,14,18H,5,7,11H2,1-2H3,(H2,25,26,29). The van der Waals surface area contributed by atoms with Gasteiger partial charge in [-0.1, -0.05) is 23.7 Å². The first-order valence-electron chi connectivity index (χ1n) is 9.73. The van der Waals surface area contributed by atoms with Crippen LogP contribution in [0, 0.1) is 11.3 Å². The van der Waals surface area contributed by atoms with Gasteiger partial charge in [0.25, 0.3) is 0 Å². The van der Waals surface area contributed by atoms with Crippen molar-refractivity contribution in [3.05, 3.63) is 53.1 Å². The molecule has 1 atom stereocenters. The summed E-state index contributed by atoms with van der Waals surface area (Å²) in [7, 11) is 0. The molecule has 0 aliphatic carbocycles. The molecule has 3 amide bonds. The van der Waals surface area contributed by atoms with Crippen molar-refractivity contribution in [3.63, 3.8) is 0 Å². The SMILES string of the molecule is CC(C)Oc1ccc(NC(=O)NC2CCCN(c3ccccc3Cl)C2=O)cc1C#N. The quantitative estimate of drug-likeness (QED) is 0.744. The highest BCUT2D eigenvalue weighted by atomic mass is 35.5. The largest absolute Gasteiger partial charge is 0.490 e. The number of carbonyl (C=O) groups is 2. The number of ether oxygens (including phenoxy) is 1. The predicted octanol–water partition coefficient (Wildman–Crippen LogP) is 4.32. The van der Waals surface area contributed by atoms with E-state index in [2.05, 4.69) is 16.7 Å². The van der Waals surface area contributed by atoms with Gasteiger partial charge in [0.05, 0.1) is 22.4 Å². The van der Waals surface area contributed by atoms with E-state index in [0.29, 0.717) is 40.7 Å². The lowest BCUT2D eigenvalue weighted by Crippen LogP contribution is -2.53. The first-order valence-corrected chi connectivity index (χ1v) is 10.1. The number of urea groups is 1. The number of benzene rings is 2. The highest BCUT2D eigenvalue weighted by Crippen LogP contribution is 2.28. The van der Waals surface area contributed by atoms with Crippen LogP contribution < -0.4 is 20.3 Å². The first kappa shape index (κ1) is 21.5. The van der Waals surface area contributed by atoms with E-state index in [1.54, 1.807) is 35.2 Å². The number of carbonyl (C=O) groups excluding carboxylic acids is 2. The highest BCUT2D eigenvalue weighted by Gasteiger charge is 2.31. The molecule has 1 heterocycles. The van der Waals surface area contributed by atoms with Gasteiger partial charge < -0.3 is 20.3 Å². The summed E-state index contributed by atoms with van der Waals surface area (Å²) in [6.07, 6.45) is 1.21. The van der Waals surface area contributed by atoms with Crippen molar-refractivity contribution in [1.29, 1.82) is 5.26 Å². The van der Waals surface area contributed by atoms with Gasteiger partial charge in [-0.15, -0.1) is 0 Å². The van der Waals surface area contributed by atoms with E-state index in [4.69, 9.17) is 16.3 Å². The van der Waals surface area contributed by atoms with E-state index in [1.807, 2.05) is 19.9 Å². The summed E-state index contributed by atoms with van der Waals surface area (Å²) in [6, 6.07) is 12.8. The molecule has 1 aliphatic heterocycles. The Bertz CT molecular complexity index is 987. The number of piperidine rings is 1. The second-order valence-electron chi connectivity index (χ2n) is 7.22. The number of anilines is 2. The zero-order valence-corrected chi connectivity index (χ0v) is 17.6. The van der Waals surface area contributed by atoms with Gasteiger partial charge in [-0.2, -0.15) is 5.26 Å². The van der Waals surface area contributed by atoms with Crippen LogP contribution in [-0.4, -0.2) is 30.6 Å². The summed E-state index contributed by atoms with van der Waals surface area (Å²) in [5, 5.41) is 15.2. The number of halogens is 1. The van der Waals surface area contributed by atoms with Gasteiger partial charge in [0.1, 0.15) is 17.9 Å². The lowest BCUT2D eigenvalue weighted by atomic mass is 10.0. The summed E-state index contributed by atoms with van der Waals surface area (Å²) in [5.41, 5.74) is 1.39. The van der Waals surface area contributed by atoms with E-state index >= 15 is 0 Å². The third kappa shape index (κ3) is 5.02. The lowest BCUT2D eigenvalue weighted by molar-refractivity contribution is -0.121. The summed E-state index contributed by atoms with van der Waals surface area (Å²) < 4.78 is 5.58. The van der Waals surface area contributed by atoms with Crippen molar-refractivity contribution in [3.8, 4) is 11.8 Å². The predicted molar refractivity (Wildman–Crippen MR) is 116 cm³/mol. The Balaban J connectivity index is 1.67. The minimum Gasteiger partial charge on any atom is -0.490 e. The molecular weight excluding hydrogens is 404 g/mol. The van der Waals surface area contributed by atoms with Crippen LogP contribution in [0.5, 0.6) is 5.75 Å². The van der Waals surface area contributed by atoms with Crippen LogP contribution in [-0.2, 0) is 4.79 Å². The molecule has 1 fully saturated rings. The molecule has 2 aromatic rings. The molecular formula is C22H23ClN4O3. The van der Waals surface area contributed by atoms with Gasteiger partial charge in [0, 0.05) is 12.2 Å². The number of amides is 3. The second-order valence-corrected chi connectivity index (χ2v) is 7.63. The summed E-state index contributed by atoms with van der Waals surface area (Å²) in [5.74, 6) is 0.249. The van der Waals surface area contributed by atoms with Crippen LogP contribution in [0.1, 0.15) is 32.3 Å². The average molecular weight is 427 g/mol. The van der Waals surface area contributed by atoms with Crippen LogP contribution in [0.25, 0.3) is 0 Å². The van der Waals surface area contributed by atoms with Gasteiger partial charge in [0.15, 0.2) is 0 Å². The number of para-hydroxylation sites is 1. The second kappa shape index (κ2) is 9.51. The Labute approximate surface area is 180 Å². The van der Waals surface area contributed by atoms with Crippen molar-refractivity contribution >= 4 is 34.9 Å². The molecule has 2 aromatic carbocycles. The zero-order valence-electron chi connectivity index (χ0n) is 16.8. The lowest BCUT2D eigenvalue weighted by Gasteiger charge is -2.33. The maximum atomic E-state index is 12.9. The number of rotatable bonds is 5. The van der Waals surface area contributed by atoms with E-state index < -0.39 is 12.1 Å². The summed E-state index contributed by atoms with van der Waals surface area (Å²) >= 11 is 6.23. The molecule has 30 heavy (non-hydrogen) atoms. The average Bonchev–Trinajstić information content (AvgIpc) is 2.71. The van der Waals surface area contributed by atoms with Crippen molar-refractivity contribution in [2.75, 3.05) is 16.8 Å². The summed E-state index contributed by atoms with van der Waals surface area (Å²) in [4.78, 5) is 26.9. The third-order valence-corrected chi connectivity index (χ3v) is 4.93. The van der Waals surface area contributed by atoms with Crippen LogP contribution in [0.2, 0.25) is 5.02 Å². The van der Waals surface area contributed by atoms with Gasteiger partial charge in [-0.25, -0.2) is 4.79 Å². The molecule has 0 spiro atoms. The molecule has 2 N–H and O–H groups in total. The van der Waals surface area contributed by atoms with Crippen LogP contribution >= 0.6 is 11.6 Å². The van der Waals surface area contributed by atoms with Gasteiger partial charge in [0.2, 0.25) is 5.91 Å². The fraction of sp³-hybridized carbons (Fsp3) is 0.318. The molecule has 3 rings (SSSR count). The fourth-order valence-electron chi connectivity index (χ4n) is 3.30. The maximum Gasteiger partial charge on any atom is 0.319 e. The first-order chi connectivity index (χ1) is 14.4.